The topological polar surface area (TPSA) is 75.7 Å². The van der Waals surface area contributed by atoms with Crippen LogP contribution in [0.15, 0.2) is 6.07 Å². The number of aromatic nitrogens is 2. The van der Waals surface area contributed by atoms with Crippen LogP contribution in [0.1, 0.15) is 19.0 Å². The third kappa shape index (κ3) is 2.66. The third-order valence-electron chi connectivity index (χ3n) is 1.43. The molecule has 0 atom stereocenters. The number of rotatable bonds is 3. The number of hydrogen-bond donors (Lipinski definition) is 2. The van der Waals surface area contributed by atoms with Crippen molar-refractivity contribution in [2.45, 2.75) is 13.3 Å². The minimum atomic E-state index is 0.100. The van der Waals surface area contributed by atoms with Crippen LogP contribution in [-0.4, -0.2) is 15.7 Å². The van der Waals surface area contributed by atoms with Crippen molar-refractivity contribution in [1.82, 2.24) is 9.97 Å². The molecule has 4 nitrogen and oxygen atoms in total. The highest BCUT2D eigenvalue weighted by Crippen LogP contribution is 2.10. The molecule has 3 N–H and O–H groups in total. The fourth-order valence-electron chi connectivity index (χ4n) is 0.898. The van der Waals surface area contributed by atoms with Gasteiger partial charge in [0.05, 0.1) is 11.4 Å². The highest BCUT2D eigenvalue weighted by atomic mass is 35.5. The van der Waals surface area contributed by atoms with E-state index in [0.29, 0.717) is 17.8 Å². The van der Waals surface area contributed by atoms with Gasteiger partial charge in [0.1, 0.15) is 5.15 Å². The highest BCUT2D eigenvalue weighted by Gasteiger charge is 2.05. The smallest absolute Gasteiger partial charge is 0.222 e. The summed E-state index contributed by atoms with van der Waals surface area (Å²) in [6.07, 6.45) is 2.42. The molecule has 0 aliphatic rings. The molecule has 1 radical (unpaired) electrons. The van der Waals surface area contributed by atoms with Crippen molar-refractivity contribution in [1.29, 1.82) is 5.41 Å². The van der Waals surface area contributed by atoms with Crippen molar-refractivity contribution in [2.24, 2.45) is 0 Å². The second-order valence-electron chi connectivity index (χ2n) is 2.53. The Morgan fingerprint density at radius 2 is 2.38 bits per heavy atom. The van der Waals surface area contributed by atoms with Gasteiger partial charge in [-0.1, -0.05) is 18.5 Å². The van der Waals surface area contributed by atoms with Gasteiger partial charge in [-0.15, -0.1) is 0 Å². The van der Waals surface area contributed by atoms with E-state index >= 15 is 0 Å². The molecule has 0 unspecified atom stereocenters. The molecule has 0 aliphatic carbocycles. The van der Waals surface area contributed by atoms with Gasteiger partial charge in [0.15, 0.2) is 0 Å². The molecule has 0 bridgehead atoms. The maximum absolute atomic E-state index is 7.59. The Kier molecular flexibility index (Phi) is 3.19. The number of halogens is 1. The average Bonchev–Trinajstić information content (AvgIpc) is 2.03. The summed E-state index contributed by atoms with van der Waals surface area (Å²) in [6.45, 7) is 1.88. The molecule has 0 aliphatic heterocycles. The van der Waals surface area contributed by atoms with Gasteiger partial charge in [-0.2, -0.15) is 0 Å². The van der Waals surface area contributed by atoms with E-state index in [1.165, 1.54) is 6.07 Å². The lowest BCUT2D eigenvalue weighted by Crippen LogP contribution is -2.05. The Balaban J connectivity index is 2.94. The SMILES string of the molecule is C[CH]CC(=N)c1cc(Cl)nc(N)n1. The van der Waals surface area contributed by atoms with Crippen LogP contribution < -0.4 is 5.73 Å². The number of nitrogens with one attached hydrogen (secondary N) is 1. The maximum Gasteiger partial charge on any atom is 0.222 e. The maximum atomic E-state index is 7.59. The summed E-state index contributed by atoms with van der Waals surface area (Å²) in [4.78, 5) is 7.59. The predicted octanol–water partition coefficient (Wildman–Crippen LogP) is 1.69. The summed E-state index contributed by atoms with van der Waals surface area (Å²) in [5.74, 6) is 0.100. The van der Waals surface area contributed by atoms with Crippen LogP contribution in [0.5, 0.6) is 0 Å². The van der Waals surface area contributed by atoms with E-state index in [9.17, 15) is 0 Å². The van der Waals surface area contributed by atoms with E-state index < -0.39 is 0 Å². The molecular weight excluding hydrogens is 188 g/mol. The van der Waals surface area contributed by atoms with Gasteiger partial charge in [0.2, 0.25) is 5.95 Å². The Hall–Kier alpha value is -1.16. The average molecular weight is 198 g/mol. The molecule has 0 aromatic carbocycles. The second kappa shape index (κ2) is 4.18. The summed E-state index contributed by atoms with van der Waals surface area (Å²) >= 11 is 5.66. The lowest BCUT2D eigenvalue weighted by Gasteiger charge is -2.02. The number of nitrogen functional groups attached to an aromatic ring is 1. The van der Waals surface area contributed by atoms with Gasteiger partial charge in [0.25, 0.3) is 0 Å². The normalized spacial score (nSPS) is 10.0. The number of nitrogens with two attached hydrogens (primary N) is 1. The summed E-state index contributed by atoms with van der Waals surface area (Å²) in [6, 6.07) is 1.53. The van der Waals surface area contributed by atoms with Crippen LogP contribution in [0.25, 0.3) is 0 Å². The highest BCUT2D eigenvalue weighted by molar-refractivity contribution is 6.29. The zero-order valence-electron chi connectivity index (χ0n) is 7.21. The van der Waals surface area contributed by atoms with Gasteiger partial charge in [0, 0.05) is 6.07 Å². The van der Waals surface area contributed by atoms with Crippen LogP contribution in [-0.2, 0) is 0 Å². The molecule has 1 rings (SSSR count). The first kappa shape index (κ1) is 9.92. The first-order valence-electron chi connectivity index (χ1n) is 3.79. The zero-order chi connectivity index (χ0) is 9.84. The van der Waals surface area contributed by atoms with Gasteiger partial charge in [-0.05, 0) is 12.8 Å². The largest absolute Gasteiger partial charge is 0.368 e. The van der Waals surface area contributed by atoms with E-state index in [1.54, 1.807) is 0 Å². The van der Waals surface area contributed by atoms with Gasteiger partial charge >= 0.3 is 0 Å². The van der Waals surface area contributed by atoms with Crippen molar-refractivity contribution < 1.29 is 0 Å². The van der Waals surface area contributed by atoms with Crippen molar-refractivity contribution in [3.63, 3.8) is 0 Å². The first-order chi connectivity index (χ1) is 6.13. The van der Waals surface area contributed by atoms with E-state index in [2.05, 4.69) is 9.97 Å². The molecule has 0 spiro atoms. The van der Waals surface area contributed by atoms with Gasteiger partial charge in [-0.3, -0.25) is 0 Å². The van der Waals surface area contributed by atoms with Crippen LogP contribution in [0.3, 0.4) is 0 Å². The number of nitrogens with zero attached hydrogens (tertiary/aromatic N) is 2. The fourth-order valence-corrected chi connectivity index (χ4v) is 1.09. The molecule has 13 heavy (non-hydrogen) atoms. The summed E-state index contributed by atoms with van der Waals surface area (Å²) < 4.78 is 0. The molecule has 0 saturated carbocycles. The second-order valence-corrected chi connectivity index (χ2v) is 2.91. The first-order valence-corrected chi connectivity index (χ1v) is 4.17. The Morgan fingerprint density at radius 1 is 1.69 bits per heavy atom. The Labute approximate surface area is 81.7 Å². The van der Waals surface area contributed by atoms with Crippen molar-refractivity contribution in [2.75, 3.05) is 5.73 Å². The molecule has 5 heteroatoms. The van der Waals surface area contributed by atoms with Crippen LogP contribution >= 0.6 is 11.6 Å². The van der Waals surface area contributed by atoms with Gasteiger partial charge in [-0.25, -0.2) is 9.97 Å². The monoisotopic (exact) mass is 197 g/mol. The summed E-state index contributed by atoms with van der Waals surface area (Å²) in [5.41, 5.74) is 6.25. The van der Waals surface area contributed by atoms with Crippen molar-refractivity contribution in [3.8, 4) is 0 Å². The minimum absolute atomic E-state index is 0.100. The Bertz CT molecular complexity index is 304. The van der Waals surface area contributed by atoms with Crippen LogP contribution in [0.4, 0.5) is 5.95 Å². The van der Waals surface area contributed by atoms with Crippen molar-refractivity contribution in [3.05, 3.63) is 23.3 Å². The fraction of sp³-hybridized carbons (Fsp3) is 0.250. The summed E-state index contributed by atoms with van der Waals surface area (Å²) in [7, 11) is 0. The lowest BCUT2D eigenvalue weighted by molar-refractivity contribution is 1.13. The molecule has 1 heterocycles. The molecular formula is C8H10ClN4. The predicted molar refractivity (Wildman–Crippen MR) is 52.9 cm³/mol. The van der Waals surface area contributed by atoms with Gasteiger partial charge < -0.3 is 11.1 Å². The lowest BCUT2D eigenvalue weighted by atomic mass is 10.1. The van der Waals surface area contributed by atoms with Crippen molar-refractivity contribution >= 4 is 23.3 Å². The molecule has 0 amide bonds. The molecule has 0 saturated heterocycles. The molecule has 69 valence electrons. The van der Waals surface area contributed by atoms with E-state index in [4.69, 9.17) is 22.7 Å². The quantitative estimate of drug-likeness (QED) is 0.572. The summed E-state index contributed by atoms with van der Waals surface area (Å²) in [5, 5.41) is 7.85. The van der Waals surface area contributed by atoms with E-state index in [0.717, 1.165) is 0 Å². The molecule has 1 aromatic rings. The molecule has 0 fully saturated rings. The van der Waals surface area contributed by atoms with Crippen LogP contribution in [0.2, 0.25) is 5.15 Å². The third-order valence-corrected chi connectivity index (χ3v) is 1.62. The zero-order valence-corrected chi connectivity index (χ0v) is 7.97. The Morgan fingerprint density at radius 3 is 2.92 bits per heavy atom. The minimum Gasteiger partial charge on any atom is -0.368 e. The van der Waals surface area contributed by atoms with E-state index in [-0.39, 0.29) is 11.1 Å². The number of hydrogen-bond acceptors (Lipinski definition) is 4. The number of anilines is 1. The van der Waals surface area contributed by atoms with E-state index in [1.807, 2.05) is 13.3 Å². The van der Waals surface area contributed by atoms with Crippen LogP contribution in [0, 0.1) is 11.8 Å². The molecule has 1 aromatic heterocycles. The standard InChI is InChI=1S/C8H10ClN4/c1-2-3-5(10)6-4-7(9)13-8(11)12-6/h2,4,10H,3H2,1H3,(H2,11,12,13).